The number of halogens is 2. The Labute approximate surface area is 220 Å². The molecule has 8 heteroatoms. The molecule has 0 amide bonds. The zero-order valence-corrected chi connectivity index (χ0v) is 21.6. The predicted molar refractivity (Wildman–Crippen MR) is 144 cm³/mol. The zero-order chi connectivity index (χ0) is 24.6. The van der Waals surface area contributed by atoms with Crippen LogP contribution in [0.2, 0.25) is 10.0 Å². The molecule has 0 aliphatic carbocycles. The molecule has 0 spiro atoms. The average Bonchev–Trinajstić information content (AvgIpc) is 3.32. The number of hydrogen-bond acceptors (Lipinski definition) is 4. The average molecular weight is 522 g/mol. The maximum absolute atomic E-state index is 13.5. The number of nitrogens with one attached hydrogen (secondary N) is 1. The quantitative estimate of drug-likeness (QED) is 0.388. The molecule has 2 aromatic carbocycles. The first-order valence-electron chi connectivity index (χ1n) is 12.6. The molecule has 1 fully saturated rings. The summed E-state index contributed by atoms with van der Waals surface area (Å²) in [5, 5.41) is 4.91. The minimum Gasteiger partial charge on any atom is -0.298 e. The van der Waals surface area contributed by atoms with E-state index >= 15 is 0 Å². The van der Waals surface area contributed by atoms with Crippen LogP contribution in [0.5, 0.6) is 0 Å². The molecule has 2 aromatic heterocycles. The highest BCUT2D eigenvalue weighted by Crippen LogP contribution is 2.28. The number of hydrogen-bond donors (Lipinski definition) is 1. The number of aromatic amines is 1. The zero-order valence-electron chi connectivity index (χ0n) is 20.1. The molecule has 0 bridgehead atoms. The van der Waals surface area contributed by atoms with Crippen molar-refractivity contribution in [3.8, 4) is 0 Å². The van der Waals surface area contributed by atoms with E-state index in [1.165, 1.54) is 11.1 Å². The van der Waals surface area contributed by atoms with Gasteiger partial charge in [-0.15, -0.1) is 0 Å². The topological polar surface area (TPSA) is 56.6 Å². The van der Waals surface area contributed by atoms with E-state index in [0.717, 1.165) is 84.6 Å². The molecule has 0 unspecified atom stereocenters. The van der Waals surface area contributed by atoms with Gasteiger partial charge in [-0.05, 0) is 54.8 Å². The van der Waals surface area contributed by atoms with Crippen molar-refractivity contribution >= 4 is 28.8 Å². The Hall–Kier alpha value is -2.64. The largest absolute Gasteiger partial charge is 0.298 e. The van der Waals surface area contributed by atoms with E-state index in [1.54, 1.807) is 4.52 Å². The van der Waals surface area contributed by atoms with Crippen LogP contribution in [0.25, 0.3) is 5.65 Å². The van der Waals surface area contributed by atoms with Crippen molar-refractivity contribution in [2.75, 3.05) is 19.6 Å². The number of rotatable bonds is 5. The fraction of sp³-hybridized carbons (Fsp3) is 0.357. The number of H-pyrrole nitrogens is 1. The normalized spacial score (nSPS) is 19.0. The van der Waals surface area contributed by atoms with Crippen molar-refractivity contribution in [3.63, 3.8) is 0 Å². The summed E-state index contributed by atoms with van der Waals surface area (Å²) in [6.45, 7) is 5.23. The molecule has 186 valence electrons. The maximum atomic E-state index is 13.5. The fourth-order valence-electron chi connectivity index (χ4n) is 5.55. The molecule has 0 saturated carbocycles. The highest BCUT2D eigenvalue weighted by molar-refractivity contribution is 6.30. The Morgan fingerprint density at radius 1 is 0.917 bits per heavy atom. The van der Waals surface area contributed by atoms with Crippen molar-refractivity contribution in [1.29, 1.82) is 0 Å². The lowest BCUT2D eigenvalue weighted by Crippen LogP contribution is -2.36. The smallest absolute Gasteiger partial charge is 0.277 e. The summed E-state index contributed by atoms with van der Waals surface area (Å²) >= 11 is 12.1. The summed E-state index contributed by atoms with van der Waals surface area (Å²) in [5.41, 5.74) is 6.05. The molecule has 0 radical (unpaired) electrons. The Balaban J connectivity index is 1.20. The fourth-order valence-corrected chi connectivity index (χ4v) is 5.80. The number of aromatic nitrogens is 3. The van der Waals surface area contributed by atoms with Crippen molar-refractivity contribution in [2.24, 2.45) is 0 Å². The highest BCUT2D eigenvalue weighted by atomic mass is 35.5. The monoisotopic (exact) mass is 521 g/mol. The molecule has 6 rings (SSSR count). The van der Waals surface area contributed by atoms with Gasteiger partial charge in [-0.25, -0.2) is 9.50 Å². The van der Waals surface area contributed by atoms with E-state index in [4.69, 9.17) is 28.2 Å². The molecular weight excluding hydrogens is 493 g/mol. The maximum Gasteiger partial charge on any atom is 0.277 e. The summed E-state index contributed by atoms with van der Waals surface area (Å²) < 4.78 is 1.65. The van der Waals surface area contributed by atoms with Gasteiger partial charge in [0.25, 0.3) is 5.56 Å². The van der Waals surface area contributed by atoms with Crippen LogP contribution >= 0.6 is 23.2 Å². The lowest BCUT2D eigenvalue weighted by molar-refractivity contribution is 0.198. The van der Waals surface area contributed by atoms with Gasteiger partial charge in [0, 0.05) is 66.9 Å². The van der Waals surface area contributed by atoms with Crippen molar-refractivity contribution in [1.82, 2.24) is 24.4 Å². The van der Waals surface area contributed by atoms with Crippen LogP contribution in [0, 0.1) is 0 Å². The second-order valence-electron chi connectivity index (χ2n) is 10.0. The van der Waals surface area contributed by atoms with Crippen LogP contribution in [0.3, 0.4) is 0 Å². The first kappa shape index (κ1) is 23.7. The predicted octanol–water partition coefficient (Wildman–Crippen LogP) is 5.27. The highest BCUT2D eigenvalue weighted by Gasteiger charge is 2.26. The Morgan fingerprint density at radius 3 is 2.28 bits per heavy atom. The Kier molecular flexibility index (Phi) is 6.61. The molecule has 4 heterocycles. The lowest BCUT2D eigenvalue weighted by Gasteiger charge is -2.32. The van der Waals surface area contributed by atoms with Crippen molar-refractivity contribution < 1.29 is 0 Å². The summed E-state index contributed by atoms with van der Waals surface area (Å²) in [6.07, 6.45) is 3.02. The molecular formula is C28H29Cl2N5O. The number of benzene rings is 2. The first-order valence-corrected chi connectivity index (χ1v) is 13.3. The summed E-state index contributed by atoms with van der Waals surface area (Å²) in [6, 6.07) is 18.1. The van der Waals surface area contributed by atoms with Crippen LogP contribution in [0.15, 0.2) is 59.4 Å². The van der Waals surface area contributed by atoms with Gasteiger partial charge in [0.2, 0.25) is 0 Å². The lowest BCUT2D eigenvalue weighted by atomic mass is 9.94. The van der Waals surface area contributed by atoms with E-state index in [-0.39, 0.29) is 5.56 Å². The van der Waals surface area contributed by atoms with Gasteiger partial charge in [-0.2, -0.15) is 0 Å². The molecule has 1 N–H and O–H groups in total. The SMILES string of the molecule is O=c1c2c(nc3cc([C@H]4CCCN(Cc5ccc(Cl)cc5)C4)[nH]n13)CCN(Cc1ccc(Cl)cc1)C2. The van der Waals surface area contributed by atoms with Crippen molar-refractivity contribution in [3.05, 3.63) is 103 Å². The minimum absolute atomic E-state index is 0.0240. The first-order chi connectivity index (χ1) is 17.5. The van der Waals surface area contributed by atoms with Gasteiger partial charge in [0.05, 0.1) is 11.3 Å². The van der Waals surface area contributed by atoms with Gasteiger partial charge < -0.3 is 0 Å². The molecule has 2 aliphatic rings. The molecule has 6 nitrogen and oxygen atoms in total. The second kappa shape index (κ2) is 10.0. The number of likely N-dealkylation sites (tertiary alicyclic amines) is 1. The Morgan fingerprint density at radius 2 is 1.58 bits per heavy atom. The van der Waals surface area contributed by atoms with E-state index < -0.39 is 0 Å². The third-order valence-corrected chi connectivity index (χ3v) is 7.95. The van der Waals surface area contributed by atoms with E-state index in [1.807, 2.05) is 36.4 Å². The molecule has 4 aromatic rings. The summed E-state index contributed by atoms with van der Waals surface area (Å²) in [7, 11) is 0. The second-order valence-corrected chi connectivity index (χ2v) is 10.9. The molecule has 1 saturated heterocycles. The van der Waals surface area contributed by atoms with Gasteiger partial charge in [0.1, 0.15) is 0 Å². The molecule has 36 heavy (non-hydrogen) atoms. The Bertz CT molecular complexity index is 1430. The third-order valence-electron chi connectivity index (χ3n) is 7.44. The minimum atomic E-state index is 0.0240. The van der Waals surface area contributed by atoms with Gasteiger partial charge in [0.15, 0.2) is 5.65 Å². The van der Waals surface area contributed by atoms with Crippen LogP contribution in [-0.4, -0.2) is 44.0 Å². The van der Waals surface area contributed by atoms with Gasteiger partial charge in [-0.3, -0.25) is 19.7 Å². The van der Waals surface area contributed by atoms with Gasteiger partial charge >= 0.3 is 0 Å². The summed E-state index contributed by atoms with van der Waals surface area (Å²) in [5.74, 6) is 0.352. The number of piperidine rings is 1. The molecule has 2 aliphatic heterocycles. The van der Waals surface area contributed by atoms with Crippen molar-refractivity contribution in [2.45, 2.75) is 44.8 Å². The molecule has 1 atom stereocenters. The summed E-state index contributed by atoms with van der Waals surface area (Å²) in [4.78, 5) is 23.2. The van der Waals surface area contributed by atoms with Crippen LogP contribution in [0.4, 0.5) is 0 Å². The number of fused-ring (bicyclic) bond motifs is 2. The van der Waals surface area contributed by atoms with Gasteiger partial charge in [-0.1, -0.05) is 47.5 Å². The third kappa shape index (κ3) is 4.96. The van der Waals surface area contributed by atoms with Crippen LogP contribution in [-0.2, 0) is 26.1 Å². The standard InChI is InChI=1S/C28H29Cl2N5O/c29-22-7-3-19(4-8-22)15-33-12-1-2-21(17-33)26-14-27-31-25-11-13-34(16-20-5-9-23(30)10-6-20)18-24(25)28(36)35(27)32-26/h3-10,14,21,32H,1-2,11-13,15-18H2/t21-/m0/s1. The van der Waals surface area contributed by atoms with Crippen LogP contribution < -0.4 is 5.56 Å². The number of nitrogens with zero attached hydrogens (tertiary/aromatic N) is 4. The van der Waals surface area contributed by atoms with Crippen LogP contribution in [0.1, 0.15) is 46.8 Å². The van der Waals surface area contributed by atoms with E-state index in [2.05, 4.69) is 33.1 Å². The van der Waals surface area contributed by atoms with E-state index in [0.29, 0.717) is 12.5 Å². The van der Waals surface area contributed by atoms with E-state index in [9.17, 15) is 4.79 Å².